The van der Waals surface area contributed by atoms with Crippen molar-refractivity contribution in [2.24, 2.45) is 11.3 Å². The summed E-state index contributed by atoms with van der Waals surface area (Å²) in [6.07, 6.45) is 5.55. The number of hydrogen-bond acceptors (Lipinski definition) is 4. The molecule has 3 fully saturated rings. The van der Waals surface area contributed by atoms with E-state index in [4.69, 9.17) is 9.15 Å². The van der Waals surface area contributed by atoms with Crippen molar-refractivity contribution >= 4 is 5.91 Å². The van der Waals surface area contributed by atoms with Gasteiger partial charge < -0.3 is 14.5 Å². The second-order valence-corrected chi connectivity index (χ2v) is 6.64. The fourth-order valence-corrected chi connectivity index (χ4v) is 3.88. The first-order valence-electron chi connectivity index (χ1n) is 7.90. The van der Waals surface area contributed by atoms with Crippen LogP contribution < -0.4 is 5.32 Å². The third-order valence-electron chi connectivity index (χ3n) is 5.45. The number of furan rings is 1. The Kier molecular flexibility index (Phi) is 3.27. The molecule has 21 heavy (non-hydrogen) atoms. The molecule has 1 aliphatic carbocycles. The van der Waals surface area contributed by atoms with Crippen LogP contribution in [0.5, 0.6) is 0 Å². The molecule has 0 unspecified atom stereocenters. The van der Waals surface area contributed by atoms with Crippen LogP contribution in [-0.2, 0) is 16.1 Å². The van der Waals surface area contributed by atoms with Crippen molar-refractivity contribution in [1.29, 1.82) is 0 Å². The topological polar surface area (TPSA) is 54.7 Å². The van der Waals surface area contributed by atoms with Gasteiger partial charge in [0.05, 0.1) is 31.4 Å². The summed E-state index contributed by atoms with van der Waals surface area (Å²) >= 11 is 0. The number of carbonyl (C=O) groups excluding carboxylic acids is 1. The van der Waals surface area contributed by atoms with Crippen LogP contribution in [0, 0.1) is 11.3 Å². The van der Waals surface area contributed by atoms with Crippen LogP contribution in [0.15, 0.2) is 22.8 Å². The van der Waals surface area contributed by atoms with Crippen molar-refractivity contribution in [1.82, 2.24) is 10.2 Å². The van der Waals surface area contributed by atoms with Gasteiger partial charge in [0.15, 0.2) is 0 Å². The molecule has 1 aromatic rings. The second-order valence-electron chi connectivity index (χ2n) is 6.64. The van der Waals surface area contributed by atoms with E-state index in [2.05, 4.69) is 10.2 Å². The molecule has 3 heterocycles. The van der Waals surface area contributed by atoms with Gasteiger partial charge in [-0.25, -0.2) is 0 Å². The van der Waals surface area contributed by atoms with Gasteiger partial charge in [-0.3, -0.25) is 9.69 Å². The van der Waals surface area contributed by atoms with Crippen LogP contribution in [0.1, 0.15) is 25.0 Å². The fourth-order valence-electron chi connectivity index (χ4n) is 3.88. The molecule has 0 spiro atoms. The van der Waals surface area contributed by atoms with E-state index in [1.165, 1.54) is 19.3 Å². The van der Waals surface area contributed by atoms with E-state index in [1.807, 2.05) is 12.1 Å². The van der Waals surface area contributed by atoms with E-state index in [0.717, 1.165) is 25.5 Å². The SMILES string of the molecule is O=C(NCc1ccco1)[C@@]12COC[C@@H]1CN(C1CCC1)C2. The number of fused-ring (bicyclic) bond motifs is 1. The molecular weight excluding hydrogens is 268 g/mol. The molecule has 2 aliphatic heterocycles. The summed E-state index contributed by atoms with van der Waals surface area (Å²) in [5.41, 5.74) is -0.345. The van der Waals surface area contributed by atoms with Gasteiger partial charge in [-0.05, 0) is 25.0 Å². The molecule has 1 saturated carbocycles. The minimum absolute atomic E-state index is 0.128. The molecule has 1 aromatic heterocycles. The highest BCUT2D eigenvalue weighted by Crippen LogP contribution is 2.44. The van der Waals surface area contributed by atoms with E-state index in [-0.39, 0.29) is 11.3 Å². The van der Waals surface area contributed by atoms with Gasteiger partial charge >= 0.3 is 0 Å². The predicted molar refractivity (Wildman–Crippen MR) is 76.5 cm³/mol. The van der Waals surface area contributed by atoms with E-state index in [1.54, 1.807) is 6.26 Å². The van der Waals surface area contributed by atoms with Gasteiger partial charge in [-0.1, -0.05) is 6.42 Å². The van der Waals surface area contributed by atoms with Crippen molar-refractivity contribution in [2.75, 3.05) is 26.3 Å². The molecule has 2 atom stereocenters. The quantitative estimate of drug-likeness (QED) is 0.910. The summed E-state index contributed by atoms with van der Waals surface area (Å²) in [7, 11) is 0. The number of ether oxygens (including phenoxy) is 1. The van der Waals surface area contributed by atoms with Gasteiger partial charge in [0.2, 0.25) is 5.91 Å². The molecule has 1 amide bonds. The molecule has 1 N–H and O–H groups in total. The van der Waals surface area contributed by atoms with E-state index < -0.39 is 0 Å². The smallest absolute Gasteiger partial charge is 0.230 e. The molecule has 0 aromatic carbocycles. The summed E-state index contributed by atoms with van der Waals surface area (Å²) < 4.78 is 10.9. The molecule has 0 bridgehead atoms. The average molecular weight is 290 g/mol. The van der Waals surface area contributed by atoms with Crippen LogP contribution in [0.3, 0.4) is 0 Å². The van der Waals surface area contributed by atoms with Crippen LogP contribution in [0.25, 0.3) is 0 Å². The Bertz CT molecular complexity index is 512. The molecular formula is C16H22N2O3. The first kappa shape index (κ1) is 13.3. The zero-order valence-electron chi connectivity index (χ0n) is 12.2. The predicted octanol–water partition coefficient (Wildman–Crippen LogP) is 1.40. The zero-order chi connectivity index (χ0) is 14.3. The van der Waals surface area contributed by atoms with Crippen molar-refractivity contribution in [3.63, 3.8) is 0 Å². The summed E-state index contributed by atoms with van der Waals surface area (Å²) in [4.78, 5) is 15.3. The molecule has 114 valence electrons. The Balaban J connectivity index is 1.44. The molecule has 4 rings (SSSR count). The second kappa shape index (κ2) is 5.14. The van der Waals surface area contributed by atoms with E-state index >= 15 is 0 Å². The highest BCUT2D eigenvalue weighted by atomic mass is 16.5. The standard InChI is InChI=1S/C16H22N2O3/c19-15(17-7-14-5-2-6-21-14)16-10-18(13-3-1-4-13)8-12(16)9-20-11-16/h2,5-6,12-13H,1,3-4,7-11H2,(H,17,19)/t12-,16-/m0/s1. The van der Waals surface area contributed by atoms with Gasteiger partial charge in [-0.2, -0.15) is 0 Å². The molecule has 3 aliphatic rings. The van der Waals surface area contributed by atoms with Crippen molar-refractivity contribution in [2.45, 2.75) is 31.8 Å². The third-order valence-corrected chi connectivity index (χ3v) is 5.45. The minimum atomic E-state index is -0.345. The Morgan fingerprint density at radius 3 is 3.10 bits per heavy atom. The van der Waals surface area contributed by atoms with Gasteiger partial charge in [0.25, 0.3) is 0 Å². The molecule has 2 saturated heterocycles. The number of rotatable bonds is 4. The third kappa shape index (κ3) is 2.19. The van der Waals surface area contributed by atoms with Crippen LogP contribution >= 0.6 is 0 Å². The lowest BCUT2D eigenvalue weighted by Gasteiger charge is -2.36. The maximum atomic E-state index is 12.8. The summed E-state index contributed by atoms with van der Waals surface area (Å²) in [5, 5.41) is 3.05. The first-order valence-corrected chi connectivity index (χ1v) is 7.90. The Morgan fingerprint density at radius 2 is 2.38 bits per heavy atom. The van der Waals surface area contributed by atoms with Crippen LogP contribution in [0.2, 0.25) is 0 Å². The van der Waals surface area contributed by atoms with Crippen molar-refractivity contribution in [3.05, 3.63) is 24.2 Å². The summed E-state index contributed by atoms with van der Waals surface area (Å²) in [5.74, 6) is 1.27. The van der Waals surface area contributed by atoms with E-state index in [9.17, 15) is 4.79 Å². The number of nitrogens with one attached hydrogen (secondary N) is 1. The molecule has 5 heteroatoms. The summed E-state index contributed by atoms with van der Waals surface area (Å²) in [6, 6.07) is 4.43. The van der Waals surface area contributed by atoms with Gasteiger partial charge in [-0.15, -0.1) is 0 Å². The summed E-state index contributed by atoms with van der Waals surface area (Å²) in [6.45, 7) is 3.61. The molecule has 5 nitrogen and oxygen atoms in total. The molecule has 0 radical (unpaired) electrons. The fraction of sp³-hybridized carbons (Fsp3) is 0.688. The highest BCUT2D eigenvalue weighted by Gasteiger charge is 2.56. The lowest BCUT2D eigenvalue weighted by molar-refractivity contribution is -0.132. The Labute approximate surface area is 124 Å². The Hall–Kier alpha value is -1.33. The normalized spacial score (nSPS) is 32.9. The first-order chi connectivity index (χ1) is 10.3. The van der Waals surface area contributed by atoms with Crippen molar-refractivity contribution < 1.29 is 13.9 Å². The van der Waals surface area contributed by atoms with Crippen LogP contribution in [-0.4, -0.2) is 43.2 Å². The maximum Gasteiger partial charge on any atom is 0.230 e. The number of nitrogens with zero attached hydrogens (tertiary/aromatic N) is 1. The lowest BCUT2D eigenvalue weighted by atomic mass is 9.80. The van der Waals surface area contributed by atoms with E-state index in [0.29, 0.717) is 25.1 Å². The van der Waals surface area contributed by atoms with Gasteiger partial charge in [0.1, 0.15) is 5.76 Å². The maximum absolute atomic E-state index is 12.8. The number of hydrogen-bond donors (Lipinski definition) is 1. The monoisotopic (exact) mass is 290 g/mol. The number of likely N-dealkylation sites (tertiary alicyclic amines) is 1. The number of amides is 1. The van der Waals surface area contributed by atoms with Crippen molar-refractivity contribution in [3.8, 4) is 0 Å². The largest absolute Gasteiger partial charge is 0.467 e. The highest BCUT2D eigenvalue weighted by molar-refractivity contribution is 5.84. The minimum Gasteiger partial charge on any atom is -0.467 e. The zero-order valence-corrected chi connectivity index (χ0v) is 12.2. The lowest BCUT2D eigenvalue weighted by Crippen LogP contribution is -2.47. The van der Waals surface area contributed by atoms with Crippen LogP contribution in [0.4, 0.5) is 0 Å². The Morgan fingerprint density at radius 1 is 1.48 bits per heavy atom. The van der Waals surface area contributed by atoms with Gasteiger partial charge in [0, 0.05) is 25.0 Å². The number of carbonyl (C=O) groups is 1. The average Bonchev–Trinajstić information content (AvgIpc) is 3.08.